The minimum atomic E-state index is -0.285. The van der Waals surface area contributed by atoms with Gasteiger partial charge in [0.15, 0.2) is 0 Å². The molecule has 144 valence electrons. The summed E-state index contributed by atoms with van der Waals surface area (Å²) in [7, 11) is 1.59. The van der Waals surface area contributed by atoms with Gasteiger partial charge in [0, 0.05) is 11.1 Å². The van der Waals surface area contributed by atoms with E-state index in [2.05, 4.69) is 17.5 Å². The summed E-state index contributed by atoms with van der Waals surface area (Å²) in [4.78, 5) is 12.3. The number of carbonyl (C=O) groups excluding carboxylic acids is 1. The molecule has 0 bridgehead atoms. The van der Waals surface area contributed by atoms with E-state index in [1.165, 1.54) is 0 Å². The lowest BCUT2D eigenvalue weighted by Crippen LogP contribution is -2.17. The number of hydrogen-bond acceptors (Lipinski definition) is 4. The summed E-state index contributed by atoms with van der Waals surface area (Å²) in [6.45, 7) is 2.77. The van der Waals surface area contributed by atoms with Crippen LogP contribution in [0.4, 0.5) is 0 Å². The summed E-state index contributed by atoms with van der Waals surface area (Å²) in [5.41, 5.74) is 3.94. The standard InChI is InChI=1S/C23H24N2O3/c1-3-4-15-28-22-14-11-17-7-5-6-8-20(17)21(22)16-24-25-23(26)18-9-12-19(27-2)13-10-18/h5-14,16H,3-4,15H2,1-2H3,(H,25,26)/b24-16+. The predicted octanol–water partition coefficient (Wildman–Crippen LogP) is 4.79. The van der Waals surface area contributed by atoms with E-state index in [-0.39, 0.29) is 5.91 Å². The second kappa shape index (κ2) is 9.55. The molecule has 0 fully saturated rings. The Bertz CT molecular complexity index is 965. The largest absolute Gasteiger partial charge is 0.497 e. The molecular formula is C23H24N2O3. The second-order valence-corrected chi connectivity index (χ2v) is 6.33. The molecule has 3 aromatic rings. The second-order valence-electron chi connectivity index (χ2n) is 6.33. The first-order valence-electron chi connectivity index (χ1n) is 9.35. The zero-order valence-electron chi connectivity index (χ0n) is 16.1. The van der Waals surface area contributed by atoms with Gasteiger partial charge in [-0.25, -0.2) is 5.43 Å². The lowest BCUT2D eigenvalue weighted by atomic mass is 10.0. The number of unbranched alkanes of at least 4 members (excludes halogenated alkanes) is 1. The molecule has 0 saturated carbocycles. The number of fused-ring (bicyclic) bond motifs is 1. The first-order chi connectivity index (χ1) is 13.7. The van der Waals surface area contributed by atoms with Crippen LogP contribution >= 0.6 is 0 Å². The van der Waals surface area contributed by atoms with Gasteiger partial charge in [0.1, 0.15) is 11.5 Å². The zero-order chi connectivity index (χ0) is 19.8. The summed E-state index contributed by atoms with van der Waals surface area (Å²) in [5.74, 6) is 1.17. The van der Waals surface area contributed by atoms with Crippen LogP contribution in [0.2, 0.25) is 0 Å². The Morgan fingerprint density at radius 1 is 1.07 bits per heavy atom. The van der Waals surface area contributed by atoms with Crippen LogP contribution in [-0.2, 0) is 0 Å². The first kappa shape index (κ1) is 19.4. The van der Waals surface area contributed by atoms with Crippen LogP contribution in [0.3, 0.4) is 0 Å². The van der Waals surface area contributed by atoms with Crippen molar-refractivity contribution in [1.29, 1.82) is 0 Å². The van der Waals surface area contributed by atoms with Crippen molar-refractivity contribution in [3.8, 4) is 11.5 Å². The van der Waals surface area contributed by atoms with Crippen molar-refractivity contribution in [2.75, 3.05) is 13.7 Å². The van der Waals surface area contributed by atoms with Gasteiger partial charge in [-0.2, -0.15) is 5.10 Å². The Labute approximate surface area is 165 Å². The number of rotatable bonds is 8. The molecule has 3 aromatic carbocycles. The molecule has 28 heavy (non-hydrogen) atoms. The van der Waals surface area contributed by atoms with Crippen LogP contribution in [0.1, 0.15) is 35.7 Å². The average molecular weight is 376 g/mol. The Morgan fingerprint density at radius 2 is 1.86 bits per heavy atom. The van der Waals surface area contributed by atoms with E-state index in [4.69, 9.17) is 9.47 Å². The molecule has 0 spiro atoms. The van der Waals surface area contributed by atoms with Gasteiger partial charge in [0.2, 0.25) is 0 Å². The highest BCUT2D eigenvalue weighted by molar-refractivity contribution is 6.03. The third-order valence-electron chi connectivity index (χ3n) is 4.40. The molecule has 1 N–H and O–H groups in total. The smallest absolute Gasteiger partial charge is 0.271 e. The predicted molar refractivity (Wildman–Crippen MR) is 112 cm³/mol. The fourth-order valence-electron chi connectivity index (χ4n) is 2.82. The topological polar surface area (TPSA) is 59.9 Å². The van der Waals surface area contributed by atoms with Crippen LogP contribution in [0.25, 0.3) is 10.8 Å². The van der Waals surface area contributed by atoms with Gasteiger partial charge >= 0.3 is 0 Å². The highest BCUT2D eigenvalue weighted by Crippen LogP contribution is 2.27. The fourth-order valence-corrected chi connectivity index (χ4v) is 2.82. The Hall–Kier alpha value is -3.34. The van der Waals surface area contributed by atoms with E-state index in [0.29, 0.717) is 17.9 Å². The number of hydrazone groups is 1. The Kier molecular flexibility index (Phi) is 6.63. The lowest BCUT2D eigenvalue weighted by Gasteiger charge is -2.11. The number of hydrogen-bond donors (Lipinski definition) is 1. The molecule has 0 aliphatic heterocycles. The lowest BCUT2D eigenvalue weighted by molar-refractivity contribution is 0.0955. The van der Waals surface area contributed by atoms with Crippen LogP contribution in [0.15, 0.2) is 65.8 Å². The molecule has 0 radical (unpaired) electrons. The van der Waals surface area contributed by atoms with Crippen LogP contribution in [-0.4, -0.2) is 25.8 Å². The minimum absolute atomic E-state index is 0.285. The molecule has 1 amide bonds. The van der Waals surface area contributed by atoms with Gasteiger partial charge < -0.3 is 9.47 Å². The number of carbonyl (C=O) groups is 1. The minimum Gasteiger partial charge on any atom is -0.497 e. The molecular weight excluding hydrogens is 352 g/mol. The van der Waals surface area contributed by atoms with Crippen molar-refractivity contribution in [3.63, 3.8) is 0 Å². The van der Waals surface area contributed by atoms with Gasteiger partial charge in [-0.1, -0.05) is 43.7 Å². The van der Waals surface area contributed by atoms with E-state index in [1.807, 2.05) is 36.4 Å². The molecule has 0 atom stereocenters. The van der Waals surface area contributed by atoms with E-state index in [9.17, 15) is 4.79 Å². The molecule has 0 saturated heterocycles. The molecule has 0 aromatic heterocycles. The van der Waals surface area contributed by atoms with Gasteiger partial charge in [-0.3, -0.25) is 4.79 Å². The molecule has 0 aliphatic carbocycles. The van der Waals surface area contributed by atoms with Crippen molar-refractivity contribution in [2.45, 2.75) is 19.8 Å². The molecule has 0 aliphatic rings. The maximum absolute atomic E-state index is 12.3. The van der Waals surface area contributed by atoms with Crippen molar-refractivity contribution in [2.24, 2.45) is 5.10 Å². The maximum atomic E-state index is 12.3. The van der Waals surface area contributed by atoms with E-state index >= 15 is 0 Å². The molecule has 5 nitrogen and oxygen atoms in total. The highest BCUT2D eigenvalue weighted by Gasteiger charge is 2.08. The van der Waals surface area contributed by atoms with Crippen molar-refractivity contribution in [1.82, 2.24) is 5.43 Å². The van der Waals surface area contributed by atoms with Crippen molar-refractivity contribution < 1.29 is 14.3 Å². The summed E-state index contributed by atoms with van der Waals surface area (Å²) < 4.78 is 11.0. The summed E-state index contributed by atoms with van der Waals surface area (Å²) >= 11 is 0. The van der Waals surface area contributed by atoms with Crippen LogP contribution in [0.5, 0.6) is 11.5 Å². The van der Waals surface area contributed by atoms with Crippen LogP contribution < -0.4 is 14.9 Å². The summed E-state index contributed by atoms with van der Waals surface area (Å²) in [6, 6.07) is 18.9. The number of amides is 1. The number of nitrogens with zero attached hydrogens (tertiary/aromatic N) is 1. The summed E-state index contributed by atoms with van der Waals surface area (Å²) in [6.07, 6.45) is 3.69. The zero-order valence-corrected chi connectivity index (χ0v) is 16.1. The Balaban J connectivity index is 1.80. The highest BCUT2D eigenvalue weighted by atomic mass is 16.5. The van der Waals surface area contributed by atoms with Gasteiger partial charge in [0.05, 0.1) is 19.9 Å². The quantitative estimate of drug-likeness (QED) is 0.349. The third kappa shape index (κ3) is 4.68. The average Bonchev–Trinajstić information content (AvgIpc) is 2.74. The molecule has 0 unspecified atom stereocenters. The van der Waals surface area contributed by atoms with Crippen molar-refractivity contribution in [3.05, 3.63) is 71.8 Å². The molecule has 3 rings (SSSR count). The van der Waals surface area contributed by atoms with E-state index in [0.717, 1.165) is 34.9 Å². The van der Waals surface area contributed by atoms with Gasteiger partial charge in [-0.15, -0.1) is 0 Å². The third-order valence-corrected chi connectivity index (χ3v) is 4.40. The molecule has 5 heteroatoms. The number of benzene rings is 3. The Morgan fingerprint density at radius 3 is 2.61 bits per heavy atom. The van der Waals surface area contributed by atoms with E-state index < -0.39 is 0 Å². The SMILES string of the molecule is CCCCOc1ccc2ccccc2c1/C=N/NC(=O)c1ccc(OC)cc1. The normalized spacial score (nSPS) is 10.9. The van der Waals surface area contributed by atoms with Gasteiger partial charge in [-0.05, 0) is 47.5 Å². The van der Waals surface area contributed by atoms with Gasteiger partial charge in [0.25, 0.3) is 5.91 Å². The monoisotopic (exact) mass is 376 g/mol. The number of methoxy groups -OCH3 is 1. The number of nitrogens with one attached hydrogen (secondary N) is 1. The fraction of sp³-hybridized carbons (Fsp3) is 0.217. The maximum Gasteiger partial charge on any atom is 0.271 e. The van der Waals surface area contributed by atoms with Crippen molar-refractivity contribution >= 4 is 22.9 Å². The molecule has 0 heterocycles. The van der Waals surface area contributed by atoms with E-state index in [1.54, 1.807) is 37.6 Å². The van der Waals surface area contributed by atoms with Crippen LogP contribution in [0, 0.1) is 0 Å². The first-order valence-corrected chi connectivity index (χ1v) is 9.35. The number of ether oxygens (including phenoxy) is 2. The summed E-state index contributed by atoms with van der Waals surface area (Å²) in [5, 5.41) is 6.28.